The zero-order valence-electron chi connectivity index (χ0n) is 16.2. The molecule has 1 amide bonds. The predicted octanol–water partition coefficient (Wildman–Crippen LogP) is 1.79. The van der Waals surface area contributed by atoms with E-state index in [0.29, 0.717) is 6.54 Å². The van der Waals surface area contributed by atoms with Crippen LogP contribution in [0.4, 0.5) is 0 Å². The second-order valence-corrected chi connectivity index (χ2v) is 7.12. The molecular formula is C20H28N6O. The first-order chi connectivity index (χ1) is 13.1. The lowest BCUT2D eigenvalue weighted by atomic mass is 10.2. The van der Waals surface area contributed by atoms with Gasteiger partial charge in [0, 0.05) is 50.4 Å². The number of likely N-dealkylation sites (tertiary alicyclic amines) is 1. The van der Waals surface area contributed by atoms with Crippen LogP contribution >= 0.6 is 0 Å². The summed E-state index contributed by atoms with van der Waals surface area (Å²) >= 11 is 0. The first-order valence-corrected chi connectivity index (χ1v) is 9.41. The number of aliphatic imine (C=N–C) groups is 1. The number of nitrogens with zero attached hydrogens (tertiary/aromatic N) is 4. The molecule has 1 fully saturated rings. The minimum atomic E-state index is 0.0438. The quantitative estimate of drug-likeness (QED) is 0.623. The van der Waals surface area contributed by atoms with Crippen LogP contribution in [0.5, 0.6) is 0 Å². The minimum absolute atomic E-state index is 0.0438. The number of benzene rings is 1. The highest BCUT2D eigenvalue weighted by molar-refractivity contribution is 5.81. The van der Waals surface area contributed by atoms with Crippen LogP contribution in [0.3, 0.4) is 0 Å². The van der Waals surface area contributed by atoms with Crippen molar-refractivity contribution in [2.45, 2.75) is 32.9 Å². The molecule has 3 rings (SSSR count). The molecule has 27 heavy (non-hydrogen) atoms. The van der Waals surface area contributed by atoms with Crippen LogP contribution in [0.1, 0.15) is 25.8 Å². The smallest absolute Gasteiger partial charge is 0.225 e. The topological polar surface area (TPSA) is 74.6 Å². The number of carbonyl (C=O) groups excluding carboxylic acids is 1. The van der Waals surface area contributed by atoms with Crippen molar-refractivity contribution < 1.29 is 4.79 Å². The molecule has 1 atom stereocenters. The third-order valence-corrected chi connectivity index (χ3v) is 4.68. The van der Waals surface area contributed by atoms with Crippen molar-refractivity contribution in [2.24, 2.45) is 10.9 Å². The lowest BCUT2D eigenvalue weighted by molar-refractivity contribution is -0.133. The van der Waals surface area contributed by atoms with E-state index in [-0.39, 0.29) is 17.9 Å². The fraction of sp³-hybridized carbons (Fsp3) is 0.450. The van der Waals surface area contributed by atoms with Gasteiger partial charge in [0.25, 0.3) is 0 Å². The molecule has 1 saturated heterocycles. The molecule has 0 saturated carbocycles. The fourth-order valence-electron chi connectivity index (χ4n) is 3.19. The molecule has 2 aromatic rings. The molecule has 1 aliphatic heterocycles. The molecule has 1 aliphatic rings. The Kier molecular flexibility index (Phi) is 6.11. The summed E-state index contributed by atoms with van der Waals surface area (Å²) < 4.78 is 1.86. The van der Waals surface area contributed by atoms with Crippen LogP contribution in [-0.4, -0.2) is 52.7 Å². The zero-order valence-corrected chi connectivity index (χ0v) is 16.2. The lowest BCUT2D eigenvalue weighted by Gasteiger charge is -2.20. The Morgan fingerprint density at radius 1 is 1.33 bits per heavy atom. The summed E-state index contributed by atoms with van der Waals surface area (Å²) in [6.07, 6.45) is 4.80. The maximum atomic E-state index is 12.1. The first kappa shape index (κ1) is 18.9. The standard InChI is InChI=1S/C20H28N6O/c1-15(2)19(27)25-10-9-17(14-25)24-20(21-3)22-11-16-12-23-26(13-16)18-7-5-4-6-8-18/h4-8,12-13,15,17H,9-11,14H2,1-3H3,(H2,21,22,24). The van der Waals surface area contributed by atoms with Crippen LogP contribution in [0.15, 0.2) is 47.7 Å². The van der Waals surface area contributed by atoms with E-state index in [1.165, 1.54) is 0 Å². The van der Waals surface area contributed by atoms with E-state index in [1.807, 2.05) is 66.2 Å². The van der Waals surface area contributed by atoms with Crippen LogP contribution in [-0.2, 0) is 11.3 Å². The number of nitrogens with one attached hydrogen (secondary N) is 2. The normalized spacial score (nSPS) is 17.4. The van der Waals surface area contributed by atoms with E-state index in [4.69, 9.17) is 0 Å². The van der Waals surface area contributed by atoms with Crippen molar-refractivity contribution in [1.82, 2.24) is 25.3 Å². The van der Waals surface area contributed by atoms with Gasteiger partial charge in [0.15, 0.2) is 5.96 Å². The van der Waals surface area contributed by atoms with Crippen LogP contribution < -0.4 is 10.6 Å². The number of carbonyl (C=O) groups is 1. The van der Waals surface area contributed by atoms with Crippen molar-refractivity contribution in [1.29, 1.82) is 0 Å². The summed E-state index contributed by atoms with van der Waals surface area (Å²) in [5, 5.41) is 11.2. The molecule has 0 bridgehead atoms. The molecule has 1 unspecified atom stereocenters. The number of guanidine groups is 1. The summed E-state index contributed by atoms with van der Waals surface area (Å²) in [6.45, 7) is 6.05. The minimum Gasteiger partial charge on any atom is -0.352 e. The Labute approximate surface area is 160 Å². The molecule has 0 radical (unpaired) electrons. The third-order valence-electron chi connectivity index (χ3n) is 4.68. The Bertz CT molecular complexity index is 783. The molecule has 0 spiro atoms. The van der Waals surface area contributed by atoms with Gasteiger partial charge in [0.1, 0.15) is 0 Å². The lowest BCUT2D eigenvalue weighted by Crippen LogP contribution is -2.45. The van der Waals surface area contributed by atoms with Gasteiger partial charge in [-0.1, -0.05) is 32.0 Å². The number of rotatable bonds is 5. The highest BCUT2D eigenvalue weighted by atomic mass is 16.2. The van der Waals surface area contributed by atoms with Crippen LogP contribution in [0.2, 0.25) is 0 Å². The van der Waals surface area contributed by atoms with E-state index in [1.54, 1.807) is 7.05 Å². The Hall–Kier alpha value is -2.83. The van der Waals surface area contributed by atoms with E-state index >= 15 is 0 Å². The van der Waals surface area contributed by atoms with E-state index in [0.717, 1.165) is 36.7 Å². The van der Waals surface area contributed by atoms with Crippen molar-refractivity contribution in [3.63, 3.8) is 0 Å². The fourth-order valence-corrected chi connectivity index (χ4v) is 3.19. The summed E-state index contributed by atoms with van der Waals surface area (Å²) in [4.78, 5) is 18.3. The molecule has 144 valence electrons. The number of aromatic nitrogens is 2. The van der Waals surface area contributed by atoms with Gasteiger partial charge < -0.3 is 15.5 Å². The summed E-state index contributed by atoms with van der Waals surface area (Å²) in [5.74, 6) is 1.00. The Morgan fingerprint density at radius 3 is 2.81 bits per heavy atom. The second kappa shape index (κ2) is 8.70. The van der Waals surface area contributed by atoms with Gasteiger partial charge in [-0.25, -0.2) is 4.68 Å². The van der Waals surface area contributed by atoms with E-state index < -0.39 is 0 Å². The zero-order chi connectivity index (χ0) is 19.2. The molecule has 0 aliphatic carbocycles. The number of para-hydroxylation sites is 1. The van der Waals surface area contributed by atoms with Gasteiger partial charge in [0.2, 0.25) is 5.91 Å². The van der Waals surface area contributed by atoms with Gasteiger partial charge in [-0.05, 0) is 18.6 Å². The van der Waals surface area contributed by atoms with E-state index in [2.05, 4.69) is 20.7 Å². The molecule has 1 aromatic heterocycles. The van der Waals surface area contributed by atoms with Gasteiger partial charge >= 0.3 is 0 Å². The van der Waals surface area contributed by atoms with Crippen LogP contribution in [0.25, 0.3) is 5.69 Å². The maximum absolute atomic E-state index is 12.1. The SMILES string of the molecule is CN=C(NCc1cnn(-c2ccccc2)c1)NC1CCN(C(=O)C(C)C)C1. The molecule has 2 heterocycles. The summed E-state index contributed by atoms with van der Waals surface area (Å²) in [5.41, 5.74) is 2.11. The highest BCUT2D eigenvalue weighted by Gasteiger charge is 2.27. The molecule has 2 N–H and O–H groups in total. The molecule has 7 heteroatoms. The van der Waals surface area contributed by atoms with E-state index in [9.17, 15) is 4.79 Å². The first-order valence-electron chi connectivity index (χ1n) is 9.41. The summed E-state index contributed by atoms with van der Waals surface area (Å²) in [6, 6.07) is 10.3. The molecule has 1 aromatic carbocycles. The van der Waals surface area contributed by atoms with Gasteiger partial charge in [-0.2, -0.15) is 5.10 Å². The summed E-state index contributed by atoms with van der Waals surface area (Å²) in [7, 11) is 1.76. The average molecular weight is 368 g/mol. The highest BCUT2D eigenvalue weighted by Crippen LogP contribution is 2.13. The second-order valence-electron chi connectivity index (χ2n) is 7.12. The van der Waals surface area contributed by atoms with Crippen LogP contribution in [0, 0.1) is 5.92 Å². The van der Waals surface area contributed by atoms with Crippen molar-refractivity contribution in [3.05, 3.63) is 48.3 Å². The van der Waals surface area contributed by atoms with Crippen molar-refractivity contribution in [3.8, 4) is 5.69 Å². The number of hydrogen-bond acceptors (Lipinski definition) is 3. The van der Waals surface area contributed by atoms with Crippen molar-refractivity contribution >= 4 is 11.9 Å². The number of amides is 1. The third kappa shape index (κ3) is 4.87. The molecule has 7 nitrogen and oxygen atoms in total. The van der Waals surface area contributed by atoms with Gasteiger partial charge in [-0.15, -0.1) is 0 Å². The largest absolute Gasteiger partial charge is 0.352 e. The molecular weight excluding hydrogens is 340 g/mol. The van der Waals surface area contributed by atoms with Gasteiger partial charge in [0.05, 0.1) is 11.9 Å². The average Bonchev–Trinajstić information content (AvgIpc) is 3.34. The Morgan fingerprint density at radius 2 is 2.11 bits per heavy atom. The monoisotopic (exact) mass is 368 g/mol. The Balaban J connectivity index is 1.50. The van der Waals surface area contributed by atoms with Gasteiger partial charge in [-0.3, -0.25) is 9.79 Å². The predicted molar refractivity (Wildman–Crippen MR) is 107 cm³/mol. The van der Waals surface area contributed by atoms with Crippen molar-refractivity contribution in [2.75, 3.05) is 20.1 Å². The maximum Gasteiger partial charge on any atom is 0.225 e. The number of hydrogen-bond donors (Lipinski definition) is 2.